The quantitative estimate of drug-likeness (QED) is 0.651. The van der Waals surface area contributed by atoms with E-state index in [0.717, 1.165) is 5.69 Å². The van der Waals surface area contributed by atoms with Crippen molar-refractivity contribution in [3.63, 3.8) is 0 Å². The molecule has 1 unspecified atom stereocenters. The normalized spacial score (nSPS) is 12.1. The van der Waals surface area contributed by atoms with Crippen LogP contribution in [0.1, 0.15) is 35.1 Å². The zero-order valence-corrected chi connectivity index (χ0v) is 11.3. The van der Waals surface area contributed by atoms with Crippen LogP contribution in [0.25, 0.3) is 0 Å². The molecule has 1 atom stereocenters. The van der Waals surface area contributed by atoms with Crippen molar-refractivity contribution in [1.29, 1.82) is 0 Å². The first kappa shape index (κ1) is 12.6. The van der Waals surface area contributed by atoms with E-state index in [1.807, 2.05) is 12.1 Å². The van der Waals surface area contributed by atoms with E-state index < -0.39 is 0 Å². The van der Waals surface area contributed by atoms with E-state index in [2.05, 4.69) is 23.7 Å². The lowest BCUT2D eigenvalue weighted by Crippen LogP contribution is -2.06. The second-order valence-corrected chi connectivity index (χ2v) is 5.22. The van der Waals surface area contributed by atoms with Crippen LogP contribution >= 0.6 is 11.3 Å². The Bertz CT molecular complexity index is 549. The number of carbonyl (C=O) groups excluding carboxylic acids is 1. The molecule has 0 saturated heterocycles. The Hall–Kier alpha value is -1.81. The molecule has 0 radical (unpaired) electrons. The standard InChI is InChI=1S/C14H16N2OS/c1-9(14-4-3-7-18-14)16-11-5-6-12(10(2)17)13(15)8-11/h3-9,16H,15H2,1-2H3. The van der Waals surface area contributed by atoms with Crippen LogP contribution in [0.4, 0.5) is 11.4 Å². The van der Waals surface area contributed by atoms with E-state index in [1.54, 1.807) is 23.5 Å². The fourth-order valence-corrected chi connectivity index (χ4v) is 2.57. The van der Waals surface area contributed by atoms with E-state index in [9.17, 15) is 4.79 Å². The molecule has 0 aliphatic heterocycles. The maximum Gasteiger partial charge on any atom is 0.161 e. The molecule has 3 nitrogen and oxygen atoms in total. The minimum absolute atomic E-state index is 0.00893. The van der Waals surface area contributed by atoms with E-state index in [0.29, 0.717) is 11.3 Å². The molecule has 94 valence electrons. The fraction of sp³-hybridized carbons (Fsp3) is 0.214. The third-order valence-corrected chi connectivity index (χ3v) is 3.84. The second-order valence-electron chi connectivity index (χ2n) is 4.24. The number of thiophene rings is 1. The lowest BCUT2D eigenvalue weighted by molar-refractivity contribution is 0.101. The first-order valence-electron chi connectivity index (χ1n) is 5.78. The number of anilines is 2. The SMILES string of the molecule is CC(=O)c1ccc(NC(C)c2cccs2)cc1N. The molecule has 0 amide bonds. The van der Waals surface area contributed by atoms with Crippen LogP contribution in [0, 0.1) is 0 Å². The lowest BCUT2D eigenvalue weighted by Gasteiger charge is -2.14. The van der Waals surface area contributed by atoms with Crippen LogP contribution in [0.3, 0.4) is 0 Å². The summed E-state index contributed by atoms with van der Waals surface area (Å²) in [5.41, 5.74) is 7.88. The minimum atomic E-state index is -0.00893. The molecule has 3 N–H and O–H groups in total. The number of nitrogens with one attached hydrogen (secondary N) is 1. The van der Waals surface area contributed by atoms with Crippen LogP contribution in [0.5, 0.6) is 0 Å². The van der Waals surface area contributed by atoms with E-state index >= 15 is 0 Å². The Morgan fingerprint density at radius 3 is 2.72 bits per heavy atom. The van der Waals surface area contributed by atoms with Gasteiger partial charge in [0.25, 0.3) is 0 Å². The van der Waals surface area contributed by atoms with Crippen molar-refractivity contribution in [3.05, 3.63) is 46.2 Å². The number of hydrogen-bond donors (Lipinski definition) is 2. The summed E-state index contributed by atoms with van der Waals surface area (Å²) in [6.45, 7) is 3.62. The predicted molar refractivity (Wildman–Crippen MR) is 77.2 cm³/mol. The Morgan fingerprint density at radius 2 is 2.17 bits per heavy atom. The molecule has 1 aromatic heterocycles. The molecule has 0 aliphatic rings. The maximum atomic E-state index is 11.3. The van der Waals surface area contributed by atoms with Crippen molar-refractivity contribution in [2.75, 3.05) is 11.1 Å². The van der Waals surface area contributed by atoms with Gasteiger partial charge in [0.05, 0.1) is 6.04 Å². The third kappa shape index (κ3) is 2.71. The summed E-state index contributed by atoms with van der Waals surface area (Å²) in [6.07, 6.45) is 0. The molecule has 2 aromatic rings. The average molecular weight is 260 g/mol. The van der Waals surface area contributed by atoms with Gasteiger partial charge in [-0.05, 0) is 43.5 Å². The minimum Gasteiger partial charge on any atom is -0.398 e. The molecule has 1 aromatic carbocycles. The molecule has 4 heteroatoms. The fourth-order valence-electron chi connectivity index (χ4n) is 1.83. The molecular weight excluding hydrogens is 244 g/mol. The van der Waals surface area contributed by atoms with E-state index in [-0.39, 0.29) is 11.8 Å². The van der Waals surface area contributed by atoms with E-state index in [4.69, 9.17) is 5.73 Å². The monoisotopic (exact) mass is 260 g/mol. The summed E-state index contributed by atoms with van der Waals surface area (Å²) in [6, 6.07) is 9.81. The van der Waals surface area contributed by atoms with Gasteiger partial charge in [-0.25, -0.2) is 0 Å². The average Bonchev–Trinajstić information content (AvgIpc) is 2.81. The van der Waals surface area contributed by atoms with Gasteiger partial charge in [0.1, 0.15) is 0 Å². The number of Topliss-reactive ketones (excluding diaryl/α,β-unsaturated/α-hetero) is 1. The maximum absolute atomic E-state index is 11.3. The summed E-state index contributed by atoms with van der Waals surface area (Å²) < 4.78 is 0. The third-order valence-electron chi connectivity index (χ3n) is 2.78. The van der Waals surface area contributed by atoms with Crippen LogP contribution in [-0.4, -0.2) is 5.78 Å². The highest BCUT2D eigenvalue weighted by molar-refractivity contribution is 7.10. The number of nitrogen functional groups attached to an aromatic ring is 1. The number of hydrogen-bond acceptors (Lipinski definition) is 4. The van der Waals surface area contributed by atoms with Crippen LogP contribution < -0.4 is 11.1 Å². The molecule has 1 heterocycles. The van der Waals surface area contributed by atoms with Crippen LogP contribution in [0.15, 0.2) is 35.7 Å². The Labute approximate surface area is 111 Å². The van der Waals surface area contributed by atoms with Crippen molar-refractivity contribution in [3.8, 4) is 0 Å². The number of ketones is 1. The first-order chi connectivity index (χ1) is 8.58. The Morgan fingerprint density at radius 1 is 1.39 bits per heavy atom. The van der Waals surface area contributed by atoms with Crippen molar-refractivity contribution >= 4 is 28.5 Å². The Balaban J connectivity index is 2.15. The molecular formula is C14H16N2OS. The summed E-state index contributed by atoms with van der Waals surface area (Å²) in [5.74, 6) is -0.00893. The number of benzene rings is 1. The van der Waals surface area contributed by atoms with Gasteiger partial charge in [-0.15, -0.1) is 11.3 Å². The van der Waals surface area contributed by atoms with Crippen molar-refractivity contribution < 1.29 is 4.79 Å². The van der Waals surface area contributed by atoms with Crippen LogP contribution in [0.2, 0.25) is 0 Å². The molecule has 0 aliphatic carbocycles. The topological polar surface area (TPSA) is 55.1 Å². The van der Waals surface area contributed by atoms with Gasteiger partial charge in [0.2, 0.25) is 0 Å². The largest absolute Gasteiger partial charge is 0.398 e. The Kier molecular flexibility index (Phi) is 3.67. The second kappa shape index (κ2) is 5.23. The summed E-state index contributed by atoms with van der Waals surface area (Å²) >= 11 is 1.71. The zero-order valence-electron chi connectivity index (χ0n) is 10.4. The smallest absolute Gasteiger partial charge is 0.161 e. The van der Waals surface area contributed by atoms with Gasteiger partial charge in [-0.2, -0.15) is 0 Å². The molecule has 0 fully saturated rings. The summed E-state index contributed by atoms with van der Waals surface area (Å²) in [7, 11) is 0. The predicted octanol–water partition coefficient (Wildman–Crippen LogP) is 3.71. The number of carbonyl (C=O) groups is 1. The van der Waals surface area contributed by atoms with Gasteiger partial charge in [-0.1, -0.05) is 6.07 Å². The lowest BCUT2D eigenvalue weighted by atomic mass is 10.1. The van der Waals surface area contributed by atoms with Crippen molar-refractivity contribution in [2.24, 2.45) is 0 Å². The zero-order chi connectivity index (χ0) is 13.1. The van der Waals surface area contributed by atoms with Gasteiger partial charge in [-0.3, -0.25) is 4.79 Å². The highest BCUT2D eigenvalue weighted by atomic mass is 32.1. The highest BCUT2D eigenvalue weighted by Gasteiger charge is 2.09. The first-order valence-corrected chi connectivity index (χ1v) is 6.66. The molecule has 0 saturated carbocycles. The van der Waals surface area contributed by atoms with Gasteiger partial charge >= 0.3 is 0 Å². The van der Waals surface area contributed by atoms with E-state index in [1.165, 1.54) is 11.8 Å². The molecule has 0 spiro atoms. The van der Waals surface area contributed by atoms with Gasteiger partial charge in [0.15, 0.2) is 5.78 Å². The van der Waals surface area contributed by atoms with Gasteiger partial charge < -0.3 is 11.1 Å². The number of nitrogens with two attached hydrogens (primary N) is 1. The van der Waals surface area contributed by atoms with Crippen molar-refractivity contribution in [1.82, 2.24) is 0 Å². The molecule has 18 heavy (non-hydrogen) atoms. The van der Waals surface area contributed by atoms with Crippen LogP contribution in [-0.2, 0) is 0 Å². The highest BCUT2D eigenvalue weighted by Crippen LogP contribution is 2.25. The van der Waals surface area contributed by atoms with Gasteiger partial charge in [0, 0.05) is 21.8 Å². The molecule has 0 bridgehead atoms. The summed E-state index contributed by atoms with van der Waals surface area (Å²) in [4.78, 5) is 12.6. The van der Waals surface area contributed by atoms with Crippen molar-refractivity contribution in [2.45, 2.75) is 19.9 Å². The summed E-state index contributed by atoms with van der Waals surface area (Å²) in [5, 5.41) is 5.43. The molecule has 2 rings (SSSR count). The number of rotatable bonds is 4.